The molecule has 3 rings (SSSR count). The summed E-state index contributed by atoms with van der Waals surface area (Å²) in [7, 11) is 0. The van der Waals surface area contributed by atoms with Gasteiger partial charge in [-0.15, -0.1) is 0 Å². The minimum absolute atomic E-state index is 0.101. The first-order valence-corrected chi connectivity index (χ1v) is 9.40. The molecule has 2 atom stereocenters. The first kappa shape index (κ1) is 18.5. The standard InChI is InChI=1S/C21H26N2O3/c1-3-26-21(25)20-19(24)13-16(14(2)11-17-8-6-10-22-17)12-15-7-4-5-9-18(15)23-20/h4-5,7,9,12,14,17,22H,3,6,8,10-11,13H2,1-2H3/b16-12-,23-20?/t14-,17-/m0/s1. The summed E-state index contributed by atoms with van der Waals surface area (Å²) in [4.78, 5) is 29.3. The van der Waals surface area contributed by atoms with Crippen LogP contribution in [0.25, 0.3) is 6.08 Å². The molecule has 5 heteroatoms. The number of rotatable bonds is 5. The van der Waals surface area contributed by atoms with Crippen LogP contribution >= 0.6 is 0 Å². The highest BCUT2D eigenvalue weighted by molar-refractivity contribution is 6.65. The summed E-state index contributed by atoms with van der Waals surface area (Å²) in [6, 6.07) is 8.10. The SMILES string of the molecule is CCOC(=O)C1=Nc2ccccc2/C=C(\[C@@H](C)C[C@@H]2CCCN2)CC1=O. The number of carbonyl (C=O) groups is 2. The van der Waals surface area contributed by atoms with Crippen molar-refractivity contribution < 1.29 is 14.3 Å². The van der Waals surface area contributed by atoms with E-state index >= 15 is 0 Å². The minimum atomic E-state index is -0.640. The van der Waals surface area contributed by atoms with Gasteiger partial charge in [0, 0.05) is 18.0 Å². The Kier molecular flexibility index (Phi) is 5.99. The first-order valence-electron chi connectivity index (χ1n) is 9.40. The Morgan fingerprint density at radius 1 is 1.38 bits per heavy atom. The van der Waals surface area contributed by atoms with E-state index in [2.05, 4.69) is 23.3 Å². The molecule has 1 saturated heterocycles. The number of carbonyl (C=O) groups excluding carboxylic acids is 2. The van der Waals surface area contributed by atoms with Crippen molar-refractivity contribution in [1.82, 2.24) is 5.32 Å². The zero-order valence-electron chi connectivity index (χ0n) is 15.5. The van der Waals surface area contributed by atoms with E-state index in [0.717, 1.165) is 24.1 Å². The Labute approximate surface area is 154 Å². The maximum atomic E-state index is 12.8. The molecule has 2 aliphatic heterocycles. The van der Waals surface area contributed by atoms with Crippen molar-refractivity contribution in [3.8, 4) is 0 Å². The molecule has 138 valence electrons. The Morgan fingerprint density at radius 2 is 2.19 bits per heavy atom. The quantitative estimate of drug-likeness (QED) is 0.822. The molecule has 0 radical (unpaired) electrons. The van der Waals surface area contributed by atoms with Crippen molar-refractivity contribution >= 4 is 29.2 Å². The summed E-state index contributed by atoms with van der Waals surface area (Å²) in [6.45, 7) is 5.17. The summed E-state index contributed by atoms with van der Waals surface area (Å²) >= 11 is 0. The van der Waals surface area contributed by atoms with E-state index in [4.69, 9.17) is 4.74 Å². The van der Waals surface area contributed by atoms with Crippen LogP contribution in [0, 0.1) is 5.92 Å². The lowest BCUT2D eigenvalue weighted by Crippen LogP contribution is -2.29. The second kappa shape index (κ2) is 8.41. The Hall–Kier alpha value is -2.27. The third-order valence-corrected chi connectivity index (χ3v) is 5.04. The third kappa shape index (κ3) is 4.28. The molecule has 1 fully saturated rings. The van der Waals surface area contributed by atoms with Crippen molar-refractivity contribution in [2.45, 2.75) is 45.6 Å². The molecule has 0 saturated carbocycles. The van der Waals surface area contributed by atoms with E-state index < -0.39 is 5.97 Å². The number of allylic oxidation sites excluding steroid dienone is 1. The second-order valence-corrected chi connectivity index (χ2v) is 6.99. The molecule has 0 bridgehead atoms. The van der Waals surface area contributed by atoms with Gasteiger partial charge in [-0.2, -0.15) is 0 Å². The Bertz CT molecular complexity index is 745. The van der Waals surface area contributed by atoms with Crippen LogP contribution in [0.5, 0.6) is 0 Å². The van der Waals surface area contributed by atoms with Gasteiger partial charge in [0.2, 0.25) is 0 Å². The number of ketones is 1. The van der Waals surface area contributed by atoms with Gasteiger partial charge < -0.3 is 10.1 Å². The van der Waals surface area contributed by atoms with Crippen LogP contribution < -0.4 is 5.32 Å². The molecule has 0 amide bonds. The molecular weight excluding hydrogens is 328 g/mol. The molecule has 2 aliphatic rings. The topological polar surface area (TPSA) is 67.8 Å². The molecule has 26 heavy (non-hydrogen) atoms. The lowest BCUT2D eigenvalue weighted by molar-refractivity contribution is -0.135. The monoisotopic (exact) mass is 354 g/mol. The predicted octanol–water partition coefficient (Wildman–Crippen LogP) is 3.46. The van der Waals surface area contributed by atoms with Gasteiger partial charge in [0.15, 0.2) is 11.5 Å². The van der Waals surface area contributed by atoms with Gasteiger partial charge in [-0.25, -0.2) is 9.79 Å². The molecular formula is C21H26N2O3. The maximum Gasteiger partial charge on any atom is 0.360 e. The van der Waals surface area contributed by atoms with Crippen LogP contribution in [-0.2, 0) is 14.3 Å². The fourth-order valence-electron chi connectivity index (χ4n) is 3.63. The van der Waals surface area contributed by atoms with Gasteiger partial charge in [-0.1, -0.05) is 36.8 Å². The minimum Gasteiger partial charge on any atom is -0.461 e. The molecule has 5 nitrogen and oxygen atoms in total. The van der Waals surface area contributed by atoms with E-state index in [-0.39, 0.29) is 30.4 Å². The highest BCUT2D eigenvalue weighted by Gasteiger charge is 2.27. The number of hydrogen-bond acceptors (Lipinski definition) is 5. The highest BCUT2D eigenvalue weighted by atomic mass is 16.5. The van der Waals surface area contributed by atoms with E-state index in [9.17, 15) is 9.59 Å². The number of hydrogen-bond donors (Lipinski definition) is 1. The average Bonchev–Trinajstić information content (AvgIpc) is 3.11. The molecule has 0 spiro atoms. The van der Waals surface area contributed by atoms with Crippen LogP contribution in [0.1, 0.15) is 45.1 Å². The number of ether oxygens (including phenoxy) is 1. The smallest absolute Gasteiger partial charge is 0.360 e. The summed E-state index contributed by atoms with van der Waals surface area (Å²) < 4.78 is 5.05. The van der Waals surface area contributed by atoms with Gasteiger partial charge in [0.25, 0.3) is 0 Å². The summed E-state index contributed by atoms with van der Waals surface area (Å²) in [6.07, 6.45) is 5.65. The van der Waals surface area contributed by atoms with E-state index in [1.807, 2.05) is 24.3 Å². The van der Waals surface area contributed by atoms with Crippen LogP contribution in [0.4, 0.5) is 5.69 Å². The van der Waals surface area contributed by atoms with Crippen LogP contribution in [0.2, 0.25) is 0 Å². The number of nitrogens with one attached hydrogen (secondary N) is 1. The summed E-state index contributed by atoms with van der Waals surface area (Å²) in [5.41, 5.74) is 2.51. The summed E-state index contributed by atoms with van der Waals surface area (Å²) in [5, 5.41) is 3.52. The van der Waals surface area contributed by atoms with Crippen LogP contribution in [-0.4, -0.2) is 36.7 Å². The number of aliphatic imine (C=N–C) groups is 1. The number of esters is 1. The van der Waals surface area contributed by atoms with Gasteiger partial charge in [-0.3, -0.25) is 4.79 Å². The van der Waals surface area contributed by atoms with E-state index in [1.165, 1.54) is 12.8 Å². The first-order chi connectivity index (χ1) is 12.6. The zero-order chi connectivity index (χ0) is 18.5. The fraction of sp³-hybridized carbons (Fsp3) is 0.476. The zero-order valence-corrected chi connectivity index (χ0v) is 15.5. The molecule has 1 N–H and O–H groups in total. The van der Waals surface area contributed by atoms with Gasteiger partial charge in [-0.05, 0) is 44.7 Å². The number of benzene rings is 1. The highest BCUT2D eigenvalue weighted by Crippen LogP contribution is 2.31. The normalized spacial score (nSPS) is 23.2. The van der Waals surface area contributed by atoms with Gasteiger partial charge in [0.1, 0.15) is 0 Å². The Morgan fingerprint density at radius 3 is 2.92 bits per heavy atom. The number of Topliss-reactive ketones (excluding diaryl/α,β-unsaturated/α-hetero) is 1. The molecule has 1 aromatic carbocycles. The van der Waals surface area contributed by atoms with E-state index in [1.54, 1.807) is 6.92 Å². The van der Waals surface area contributed by atoms with Crippen molar-refractivity contribution in [2.75, 3.05) is 13.2 Å². The Balaban J connectivity index is 1.92. The molecule has 1 aromatic rings. The van der Waals surface area contributed by atoms with Crippen LogP contribution in [0.15, 0.2) is 34.8 Å². The van der Waals surface area contributed by atoms with Crippen molar-refractivity contribution in [1.29, 1.82) is 0 Å². The lowest BCUT2D eigenvalue weighted by Gasteiger charge is -2.21. The number of fused-ring (bicyclic) bond motifs is 1. The largest absolute Gasteiger partial charge is 0.461 e. The van der Waals surface area contributed by atoms with E-state index in [0.29, 0.717) is 11.7 Å². The predicted molar refractivity (Wildman–Crippen MR) is 103 cm³/mol. The summed E-state index contributed by atoms with van der Waals surface area (Å²) in [5.74, 6) is -0.654. The molecule has 0 aromatic heterocycles. The molecule has 2 heterocycles. The molecule has 0 aliphatic carbocycles. The third-order valence-electron chi connectivity index (χ3n) is 5.04. The van der Waals surface area contributed by atoms with Crippen molar-refractivity contribution in [3.63, 3.8) is 0 Å². The molecule has 0 unspecified atom stereocenters. The fourth-order valence-corrected chi connectivity index (χ4v) is 3.63. The van der Waals surface area contributed by atoms with Crippen molar-refractivity contribution in [3.05, 3.63) is 35.4 Å². The van der Waals surface area contributed by atoms with Crippen molar-refractivity contribution in [2.24, 2.45) is 10.9 Å². The number of para-hydroxylation sites is 1. The maximum absolute atomic E-state index is 12.8. The van der Waals surface area contributed by atoms with Gasteiger partial charge >= 0.3 is 5.97 Å². The number of nitrogens with zero attached hydrogens (tertiary/aromatic N) is 1. The second-order valence-electron chi connectivity index (χ2n) is 6.99. The average molecular weight is 354 g/mol. The van der Waals surface area contributed by atoms with Crippen LogP contribution in [0.3, 0.4) is 0 Å². The van der Waals surface area contributed by atoms with Gasteiger partial charge in [0.05, 0.1) is 12.3 Å². The lowest BCUT2D eigenvalue weighted by atomic mass is 9.87.